The van der Waals surface area contributed by atoms with E-state index < -0.39 is 0 Å². The van der Waals surface area contributed by atoms with Gasteiger partial charge in [0.2, 0.25) is 5.91 Å². The van der Waals surface area contributed by atoms with Crippen molar-refractivity contribution < 1.29 is 15.0 Å². The molecule has 4 nitrogen and oxygen atoms in total. The number of carbonyl (C=O) groups excluding carboxylic acids is 1. The average molecular weight is 199 g/mol. The number of amides is 1. The molecule has 0 aromatic heterocycles. The first kappa shape index (κ1) is 9.93. The first-order valence-electron chi connectivity index (χ1n) is 5.31. The van der Waals surface area contributed by atoms with E-state index in [0.29, 0.717) is 13.1 Å². The largest absolute Gasteiger partial charge is 0.393 e. The Kier molecular flexibility index (Phi) is 2.74. The van der Waals surface area contributed by atoms with E-state index in [9.17, 15) is 9.90 Å². The van der Waals surface area contributed by atoms with Gasteiger partial charge in [0.15, 0.2) is 0 Å². The highest BCUT2D eigenvalue weighted by Gasteiger charge is 2.34. The summed E-state index contributed by atoms with van der Waals surface area (Å²) in [5.41, 5.74) is 0. The Morgan fingerprint density at radius 2 is 1.57 bits per heavy atom. The Morgan fingerprint density at radius 3 is 2.07 bits per heavy atom. The molecule has 0 atom stereocenters. The van der Waals surface area contributed by atoms with Gasteiger partial charge in [-0.2, -0.15) is 0 Å². The number of aliphatic hydroxyl groups excluding tert-OH is 2. The van der Waals surface area contributed by atoms with Crippen LogP contribution in [0.25, 0.3) is 0 Å². The van der Waals surface area contributed by atoms with Crippen LogP contribution in [0.3, 0.4) is 0 Å². The van der Waals surface area contributed by atoms with Gasteiger partial charge in [-0.15, -0.1) is 0 Å². The van der Waals surface area contributed by atoms with E-state index in [1.165, 1.54) is 0 Å². The molecule has 80 valence electrons. The fourth-order valence-corrected chi connectivity index (χ4v) is 2.22. The highest BCUT2D eigenvalue weighted by Crippen LogP contribution is 2.27. The van der Waals surface area contributed by atoms with E-state index in [1.54, 1.807) is 4.90 Å². The van der Waals surface area contributed by atoms with Crippen LogP contribution < -0.4 is 0 Å². The molecule has 14 heavy (non-hydrogen) atoms. The minimum absolute atomic E-state index is 0.0888. The van der Waals surface area contributed by atoms with Gasteiger partial charge in [0, 0.05) is 19.0 Å². The van der Waals surface area contributed by atoms with E-state index in [-0.39, 0.29) is 24.0 Å². The van der Waals surface area contributed by atoms with Gasteiger partial charge in [-0.1, -0.05) is 0 Å². The lowest BCUT2D eigenvalue weighted by atomic mass is 9.86. The van der Waals surface area contributed by atoms with Gasteiger partial charge < -0.3 is 15.1 Å². The summed E-state index contributed by atoms with van der Waals surface area (Å²) in [4.78, 5) is 13.5. The predicted octanol–water partition coefficient (Wildman–Crippen LogP) is -0.259. The van der Waals surface area contributed by atoms with Gasteiger partial charge >= 0.3 is 0 Å². The summed E-state index contributed by atoms with van der Waals surface area (Å²) < 4.78 is 0. The Balaban J connectivity index is 1.81. The van der Waals surface area contributed by atoms with Crippen molar-refractivity contribution in [3.05, 3.63) is 0 Å². The maximum absolute atomic E-state index is 11.8. The summed E-state index contributed by atoms with van der Waals surface area (Å²) in [6, 6.07) is 0. The van der Waals surface area contributed by atoms with Crippen molar-refractivity contribution in [1.82, 2.24) is 4.90 Å². The number of nitrogens with zero attached hydrogens (tertiary/aromatic N) is 1. The number of hydrogen-bond donors (Lipinski definition) is 2. The van der Waals surface area contributed by atoms with Crippen LogP contribution >= 0.6 is 0 Å². The maximum Gasteiger partial charge on any atom is 0.225 e. The van der Waals surface area contributed by atoms with Crippen LogP contribution in [0, 0.1) is 5.92 Å². The van der Waals surface area contributed by atoms with Crippen molar-refractivity contribution >= 4 is 5.91 Å². The van der Waals surface area contributed by atoms with Crippen LogP contribution in [-0.2, 0) is 4.79 Å². The molecule has 0 aromatic carbocycles. The molecular formula is C10H17NO3. The summed E-state index contributed by atoms with van der Waals surface area (Å²) in [6.45, 7) is 0.996. The van der Waals surface area contributed by atoms with Crippen molar-refractivity contribution in [2.45, 2.75) is 37.9 Å². The molecule has 0 bridgehead atoms. The number of β-amino-alcohol motifs (C(OH)–C–C–N with tert-alkyl or cyclic N) is 1. The molecule has 1 aliphatic heterocycles. The molecule has 0 spiro atoms. The highest BCUT2D eigenvalue weighted by atomic mass is 16.3. The molecule has 1 heterocycles. The number of carbonyl (C=O) groups is 1. The molecule has 0 unspecified atom stereocenters. The number of hydrogen-bond acceptors (Lipinski definition) is 3. The van der Waals surface area contributed by atoms with Gasteiger partial charge in [0.1, 0.15) is 0 Å². The molecule has 1 saturated heterocycles. The molecule has 0 aromatic rings. The van der Waals surface area contributed by atoms with Crippen molar-refractivity contribution in [3.8, 4) is 0 Å². The Hall–Kier alpha value is -0.610. The second-order valence-electron chi connectivity index (χ2n) is 4.40. The molecule has 1 aliphatic carbocycles. The van der Waals surface area contributed by atoms with Gasteiger partial charge in [-0.05, 0) is 25.7 Å². The van der Waals surface area contributed by atoms with Crippen LogP contribution in [-0.4, -0.2) is 46.3 Å². The topological polar surface area (TPSA) is 60.8 Å². The third kappa shape index (κ3) is 1.91. The highest BCUT2D eigenvalue weighted by molar-refractivity contribution is 5.79. The quantitative estimate of drug-likeness (QED) is 0.611. The van der Waals surface area contributed by atoms with Gasteiger partial charge in [-0.3, -0.25) is 4.79 Å². The zero-order valence-corrected chi connectivity index (χ0v) is 8.22. The second kappa shape index (κ2) is 3.87. The lowest BCUT2D eigenvalue weighted by Crippen LogP contribution is -2.55. The summed E-state index contributed by atoms with van der Waals surface area (Å²) >= 11 is 0. The summed E-state index contributed by atoms with van der Waals surface area (Å²) in [6.07, 6.45) is 2.56. The zero-order valence-electron chi connectivity index (χ0n) is 8.22. The average Bonchev–Trinajstić information content (AvgIpc) is 2.13. The fraction of sp³-hybridized carbons (Fsp3) is 0.900. The number of rotatable bonds is 1. The van der Waals surface area contributed by atoms with E-state index >= 15 is 0 Å². The van der Waals surface area contributed by atoms with Gasteiger partial charge in [-0.25, -0.2) is 0 Å². The normalized spacial score (nSPS) is 34.0. The van der Waals surface area contributed by atoms with Crippen molar-refractivity contribution in [3.63, 3.8) is 0 Å². The summed E-state index contributed by atoms with van der Waals surface area (Å²) in [5, 5.41) is 18.4. The fourth-order valence-electron chi connectivity index (χ4n) is 2.22. The lowest BCUT2D eigenvalue weighted by Gasteiger charge is -2.39. The van der Waals surface area contributed by atoms with Crippen molar-refractivity contribution in [1.29, 1.82) is 0 Å². The Bertz CT molecular complexity index is 217. The van der Waals surface area contributed by atoms with Crippen LogP contribution in [0.15, 0.2) is 0 Å². The zero-order chi connectivity index (χ0) is 10.1. The molecule has 1 saturated carbocycles. The van der Waals surface area contributed by atoms with Crippen molar-refractivity contribution in [2.24, 2.45) is 5.92 Å². The molecule has 4 heteroatoms. The molecule has 0 radical (unpaired) electrons. The van der Waals surface area contributed by atoms with Crippen LogP contribution in [0.5, 0.6) is 0 Å². The molecule has 1 amide bonds. The smallest absolute Gasteiger partial charge is 0.225 e. The van der Waals surface area contributed by atoms with Crippen molar-refractivity contribution in [2.75, 3.05) is 13.1 Å². The maximum atomic E-state index is 11.8. The lowest BCUT2D eigenvalue weighted by molar-refractivity contribution is -0.147. The monoisotopic (exact) mass is 199 g/mol. The first-order valence-corrected chi connectivity index (χ1v) is 5.31. The van der Waals surface area contributed by atoms with E-state index in [0.717, 1.165) is 25.7 Å². The minimum Gasteiger partial charge on any atom is -0.393 e. The predicted molar refractivity (Wildman–Crippen MR) is 50.6 cm³/mol. The number of aliphatic hydroxyl groups is 2. The van der Waals surface area contributed by atoms with E-state index in [4.69, 9.17) is 5.11 Å². The van der Waals surface area contributed by atoms with E-state index in [1.807, 2.05) is 0 Å². The second-order valence-corrected chi connectivity index (χ2v) is 4.40. The third-order valence-corrected chi connectivity index (χ3v) is 3.22. The van der Waals surface area contributed by atoms with Crippen LogP contribution in [0.4, 0.5) is 0 Å². The standard InChI is InChI=1S/C10H17NO3/c12-8-3-1-7(2-4-8)10(14)11-5-9(13)6-11/h7-9,12-13H,1-6H2. The third-order valence-electron chi connectivity index (χ3n) is 3.22. The summed E-state index contributed by atoms with van der Waals surface area (Å²) in [5.74, 6) is 0.258. The molecule has 2 N–H and O–H groups in total. The Labute approximate surface area is 83.5 Å². The van der Waals surface area contributed by atoms with Crippen LogP contribution in [0.1, 0.15) is 25.7 Å². The first-order chi connectivity index (χ1) is 6.66. The molecule has 2 rings (SSSR count). The van der Waals surface area contributed by atoms with E-state index in [2.05, 4.69) is 0 Å². The molecule has 2 fully saturated rings. The molecule has 2 aliphatic rings. The Morgan fingerprint density at radius 1 is 1.00 bits per heavy atom. The SMILES string of the molecule is O=C(C1CCC(O)CC1)N1CC(O)C1. The number of likely N-dealkylation sites (tertiary alicyclic amines) is 1. The minimum atomic E-state index is -0.312. The van der Waals surface area contributed by atoms with Crippen LogP contribution in [0.2, 0.25) is 0 Å². The summed E-state index contributed by atoms with van der Waals surface area (Å²) in [7, 11) is 0. The van der Waals surface area contributed by atoms with Gasteiger partial charge in [0.05, 0.1) is 12.2 Å². The van der Waals surface area contributed by atoms with Gasteiger partial charge in [0.25, 0.3) is 0 Å². The molecular weight excluding hydrogens is 182 g/mol.